The first-order valence-corrected chi connectivity index (χ1v) is 6.59. The van der Waals surface area contributed by atoms with E-state index in [9.17, 15) is 0 Å². The van der Waals surface area contributed by atoms with Crippen molar-refractivity contribution in [2.24, 2.45) is 0 Å². The highest BCUT2D eigenvalue weighted by Gasteiger charge is 2.18. The minimum absolute atomic E-state index is 0.470. The van der Waals surface area contributed by atoms with Crippen LogP contribution in [0.25, 0.3) is 0 Å². The molecule has 1 atom stereocenters. The van der Waals surface area contributed by atoms with Crippen molar-refractivity contribution < 1.29 is 4.74 Å². The van der Waals surface area contributed by atoms with Gasteiger partial charge < -0.3 is 10.1 Å². The van der Waals surface area contributed by atoms with Crippen molar-refractivity contribution in [2.75, 3.05) is 13.7 Å². The van der Waals surface area contributed by atoms with E-state index in [1.54, 1.807) is 7.11 Å². The molecule has 16 heavy (non-hydrogen) atoms. The maximum atomic E-state index is 5.38. The summed E-state index contributed by atoms with van der Waals surface area (Å²) < 4.78 is 6.57. The van der Waals surface area contributed by atoms with Gasteiger partial charge in [-0.15, -0.1) is 0 Å². The molecule has 0 amide bonds. The Bertz CT molecular complexity index is 372. The smallest absolute Gasteiger partial charge is 0.122 e. The fourth-order valence-corrected chi connectivity index (χ4v) is 3.01. The summed E-state index contributed by atoms with van der Waals surface area (Å²) in [5.74, 6) is 0.977. The highest BCUT2D eigenvalue weighted by molar-refractivity contribution is 9.10. The van der Waals surface area contributed by atoms with Gasteiger partial charge in [0.25, 0.3) is 0 Å². The van der Waals surface area contributed by atoms with Crippen molar-refractivity contribution in [3.63, 3.8) is 0 Å². The third-order valence-corrected chi connectivity index (χ3v) is 3.89. The van der Waals surface area contributed by atoms with E-state index in [4.69, 9.17) is 4.74 Å². The number of hydrogen-bond acceptors (Lipinski definition) is 2. The summed E-state index contributed by atoms with van der Waals surface area (Å²) in [5.41, 5.74) is 2.50. The zero-order valence-corrected chi connectivity index (χ0v) is 11.4. The molecule has 2 nitrogen and oxygen atoms in total. The van der Waals surface area contributed by atoms with Crippen molar-refractivity contribution in [3.8, 4) is 5.75 Å². The highest BCUT2D eigenvalue weighted by atomic mass is 79.9. The second-order valence-corrected chi connectivity index (χ2v) is 5.20. The Morgan fingerprint density at radius 2 is 2.19 bits per heavy atom. The van der Waals surface area contributed by atoms with E-state index in [1.165, 1.54) is 34.9 Å². The Balaban J connectivity index is 2.31. The molecule has 1 saturated heterocycles. The average molecular weight is 284 g/mol. The Kier molecular flexibility index (Phi) is 3.87. The molecule has 88 valence electrons. The Labute approximate surface area is 106 Å². The van der Waals surface area contributed by atoms with Crippen LogP contribution in [0.3, 0.4) is 0 Å². The maximum Gasteiger partial charge on any atom is 0.122 e. The summed E-state index contributed by atoms with van der Waals surface area (Å²) in [7, 11) is 1.73. The van der Waals surface area contributed by atoms with Gasteiger partial charge in [-0.25, -0.2) is 0 Å². The lowest BCUT2D eigenvalue weighted by Gasteiger charge is -2.25. The lowest BCUT2D eigenvalue weighted by molar-refractivity contribution is 0.397. The molecule has 1 unspecified atom stereocenters. The topological polar surface area (TPSA) is 21.3 Å². The average Bonchev–Trinajstić information content (AvgIpc) is 2.30. The van der Waals surface area contributed by atoms with Crippen molar-refractivity contribution in [1.82, 2.24) is 5.32 Å². The molecule has 1 aliphatic heterocycles. The molecule has 1 aromatic carbocycles. The van der Waals surface area contributed by atoms with Crippen LogP contribution in [0, 0.1) is 6.92 Å². The van der Waals surface area contributed by atoms with Crippen LogP contribution in [0.4, 0.5) is 0 Å². The zero-order chi connectivity index (χ0) is 11.5. The van der Waals surface area contributed by atoms with Gasteiger partial charge in [0.05, 0.1) is 7.11 Å². The number of methoxy groups -OCH3 is 1. The molecule has 3 heteroatoms. The van der Waals surface area contributed by atoms with Crippen LogP contribution in [0.1, 0.15) is 36.4 Å². The van der Waals surface area contributed by atoms with E-state index in [0.717, 1.165) is 12.3 Å². The summed E-state index contributed by atoms with van der Waals surface area (Å²) in [6.07, 6.45) is 3.81. The van der Waals surface area contributed by atoms with Crippen LogP contribution < -0.4 is 10.1 Å². The number of aryl methyl sites for hydroxylation is 1. The molecule has 0 aliphatic carbocycles. The first-order valence-electron chi connectivity index (χ1n) is 5.80. The Morgan fingerprint density at radius 3 is 2.81 bits per heavy atom. The number of benzene rings is 1. The quantitative estimate of drug-likeness (QED) is 0.896. The molecule has 0 spiro atoms. The van der Waals surface area contributed by atoms with Crippen molar-refractivity contribution in [2.45, 2.75) is 32.2 Å². The number of nitrogens with one attached hydrogen (secondary N) is 1. The van der Waals surface area contributed by atoms with E-state index < -0.39 is 0 Å². The number of hydrogen-bond donors (Lipinski definition) is 1. The molecule has 1 aliphatic rings. The van der Waals surface area contributed by atoms with Gasteiger partial charge in [0.2, 0.25) is 0 Å². The van der Waals surface area contributed by atoms with Gasteiger partial charge in [0, 0.05) is 10.5 Å². The van der Waals surface area contributed by atoms with E-state index in [-0.39, 0.29) is 0 Å². The van der Waals surface area contributed by atoms with E-state index in [1.807, 2.05) is 0 Å². The number of halogens is 1. The summed E-state index contributed by atoms with van der Waals surface area (Å²) in [5, 5.41) is 3.56. The predicted octanol–water partition coefficient (Wildman–Crippen LogP) is 3.58. The third-order valence-electron chi connectivity index (χ3n) is 3.20. The summed E-state index contributed by atoms with van der Waals surface area (Å²) in [6.45, 7) is 3.19. The number of piperidine rings is 1. The van der Waals surface area contributed by atoms with Crippen LogP contribution in [-0.4, -0.2) is 13.7 Å². The molecule has 1 fully saturated rings. The molecular weight excluding hydrogens is 266 g/mol. The van der Waals surface area contributed by atoms with Gasteiger partial charge in [-0.2, -0.15) is 0 Å². The van der Waals surface area contributed by atoms with Crippen LogP contribution in [-0.2, 0) is 0 Å². The van der Waals surface area contributed by atoms with Crippen LogP contribution >= 0.6 is 15.9 Å². The molecular formula is C13H18BrNO. The minimum atomic E-state index is 0.470. The molecule has 1 N–H and O–H groups in total. The molecule has 2 rings (SSSR count). The summed E-state index contributed by atoms with van der Waals surface area (Å²) in [6, 6.07) is 4.77. The van der Waals surface area contributed by atoms with Gasteiger partial charge in [-0.1, -0.05) is 22.4 Å². The fourth-order valence-electron chi connectivity index (χ4n) is 2.27. The van der Waals surface area contributed by atoms with E-state index >= 15 is 0 Å². The first-order chi connectivity index (χ1) is 7.72. The minimum Gasteiger partial charge on any atom is -0.496 e. The van der Waals surface area contributed by atoms with Crippen LogP contribution in [0.5, 0.6) is 5.75 Å². The second kappa shape index (κ2) is 5.19. The number of rotatable bonds is 2. The SMILES string of the molecule is COc1cc(C2CCCCN2)c(Br)cc1C. The molecule has 1 heterocycles. The molecule has 0 radical (unpaired) electrons. The first kappa shape index (κ1) is 11.9. The standard InChI is InChI=1S/C13H18BrNO/c1-9-7-11(14)10(8-13(9)16-2)12-5-3-4-6-15-12/h7-8,12,15H,3-6H2,1-2H3. The maximum absolute atomic E-state index is 5.38. The normalized spacial score (nSPS) is 20.8. The molecule has 1 aromatic rings. The molecule has 0 saturated carbocycles. The third kappa shape index (κ3) is 2.41. The van der Waals surface area contributed by atoms with Gasteiger partial charge in [0.1, 0.15) is 5.75 Å². The van der Waals surface area contributed by atoms with Crippen molar-refractivity contribution in [1.29, 1.82) is 0 Å². The lowest BCUT2D eigenvalue weighted by Crippen LogP contribution is -2.27. The van der Waals surface area contributed by atoms with Gasteiger partial charge in [-0.3, -0.25) is 0 Å². The van der Waals surface area contributed by atoms with Crippen LogP contribution in [0.15, 0.2) is 16.6 Å². The van der Waals surface area contributed by atoms with Gasteiger partial charge in [0.15, 0.2) is 0 Å². The predicted molar refractivity (Wildman–Crippen MR) is 70.0 cm³/mol. The Morgan fingerprint density at radius 1 is 1.38 bits per heavy atom. The zero-order valence-electron chi connectivity index (χ0n) is 9.85. The lowest BCUT2D eigenvalue weighted by atomic mass is 9.96. The fraction of sp³-hybridized carbons (Fsp3) is 0.538. The number of ether oxygens (including phenoxy) is 1. The van der Waals surface area contributed by atoms with E-state index in [0.29, 0.717) is 6.04 Å². The highest BCUT2D eigenvalue weighted by Crippen LogP contribution is 2.34. The largest absolute Gasteiger partial charge is 0.496 e. The van der Waals surface area contributed by atoms with Crippen molar-refractivity contribution in [3.05, 3.63) is 27.7 Å². The summed E-state index contributed by atoms with van der Waals surface area (Å²) in [4.78, 5) is 0. The van der Waals surface area contributed by atoms with Crippen LogP contribution in [0.2, 0.25) is 0 Å². The molecule has 0 aromatic heterocycles. The van der Waals surface area contributed by atoms with Crippen molar-refractivity contribution >= 4 is 15.9 Å². The molecule has 0 bridgehead atoms. The van der Waals surface area contributed by atoms with Gasteiger partial charge >= 0.3 is 0 Å². The van der Waals surface area contributed by atoms with E-state index in [2.05, 4.69) is 40.3 Å². The summed E-state index contributed by atoms with van der Waals surface area (Å²) >= 11 is 3.65. The monoisotopic (exact) mass is 283 g/mol. The Hall–Kier alpha value is -0.540. The van der Waals surface area contributed by atoms with Gasteiger partial charge in [-0.05, 0) is 49.6 Å². The second-order valence-electron chi connectivity index (χ2n) is 4.35.